The number of ether oxygens (including phenoxy) is 2. The summed E-state index contributed by atoms with van der Waals surface area (Å²) in [6, 6.07) is 1.86. The number of anilines is 1. The zero-order valence-electron chi connectivity index (χ0n) is 6.87. The molecule has 0 aliphatic carbocycles. The van der Waals surface area contributed by atoms with Crippen molar-refractivity contribution in [1.82, 2.24) is 4.98 Å². The Labute approximate surface area is 84.2 Å². The molecule has 70 valence electrons. The Morgan fingerprint density at radius 3 is 2.85 bits per heavy atom. The lowest BCUT2D eigenvalue weighted by molar-refractivity contribution is -0.0437. The van der Waals surface area contributed by atoms with Crippen LogP contribution in [0, 0.1) is 0 Å². The van der Waals surface area contributed by atoms with Gasteiger partial charge in [-0.15, -0.1) is 0 Å². The summed E-state index contributed by atoms with van der Waals surface area (Å²) in [7, 11) is 0. The molecule has 1 aliphatic rings. The van der Waals surface area contributed by atoms with Gasteiger partial charge in [0.05, 0.1) is 18.8 Å². The highest BCUT2D eigenvalue weighted by molar-refractivity contribution is 9.10. The van der Waals surface area contributed by atoms with Crippen LogP contribution in [0.1, 0.15) is 11.9 Å². The third-order valence-electron chi connectivity index (χ3n) is 1.79. The Kier molecular flexibility index (Phi) is 2.48. The third-order valence-corrected chi connectivity index (χ3v) is 2.23. The maximum atomic E-state index is 5.68. The quantitative estimate of drug-likeness (QED) is 0.813. The van der Waals surface area contributed by atoms with Crippen LogP contribution in [-0.4, -0.2) is 18.2 Å². The molecule has 0 aromatic carbocycles. The molecule has 2 heterocycles. The van der Waals surface area contributed by atoms with Crippen LogP contribution in [0.15, 0.2) is 16.7 Å². The van der Waals surface area contributed by atoms with E-state index in [2.05, 4.69) is 20.9 Å². The number of rotatable bonds is 1. The molecule has 0 saturated carbocycles. The number of nitrogen functional groups attached to an aromatic ring is 1. The molecule has 2 N–H and O–H groups in total. The normalized spacial score (nSPS) is 17.9. The lowest BCUT2D eigenvalue weighted by atomic mass is 10.2. The summed E-state index contributed by atoms with van der Waals surface area (Å²) in [6.07, 6.45) is 1.29. The van der Waals surface area contributed by atoms with Gasteiger partial charge >= 0.3 is 0 Å². The fourth-order valence-corrected chi connectivity index (χ4v) is 1.54. The second-order valence-corrected chi connectivity index (χ2v) is 3.62. The number of pyridine rings is 1. The van der Waals surface area contributed by atoms with Gasteiger partial charge in [-0.3, -0.25) is 0 Å². The SMILES string of the molecule is Nc1ncc(Br)cc1C1OCCO1. The first-order valence-corrected chi connectivity index (χ1v) is 4.71. The van der Waals surface area contributed by atoms with Crippen molar-refractivity contribution in [3.05, 3.63) is 22.3 Å². The highest BCUT2D eigenvalue weighted by Gasteiger charge is 2.21. The van der Waals surface area contributed by atoms with E-state index in [1.165, 1.54) is 0 Å². The number of hydrogen-bond acceptors (Lipinski definition) is 4. The molecule has 0 atom stereocenters. The predicted molar refractivity (Wildman–Crippen MR) is 51.0 cm³/mol. The van der Waals surface area contributed by atoms with Gasteiger partial charge in [0.2, 0.25) is 0 Å². The van der Waals surface area contributed by atoms with Crippen LogP contribution >= 0.6 is 15.9 Å². The minimum absolute atomic E-state index is 0.356. The van der Waals surface area contributed by atoms with E-state index in [1.807, 2.05) is 6.07 Å². The minimum atomic E-state index is -0.356. The van der Waals surface area contributed by atoms with Crippen molar-refractivity contribution in [3.8, 4) is 0 Å². The first-order valence-electron chi connectivity index (χ1n) is 3.91. The van der Waals surface area contributed by atoms with E-state index in [4.69, 9.17) is 15.2 Å². The van der Waals surface area contributed by atoms with Crippen LogP contribution in [0.5, 0.6) is 0 Å². The van der Waals surface area contributed by atoms with Gasteiger partial charge in [0.25, 0.3) is 0 Å². The van der Waals surface area contributed by atoms with E-state index in [-0.39, 0.29) is 6.29 Å². The maximum Gasteiger partial charge on any atom is 0.187 e. The average molecular weight is 245 g/mol. The van der Waals surface area contributed by atoms with Crippen LogP contribution < -0.4 is 5.73 Å². The summed E-state index contributed by atoms with van der Waals surface area (Å²) in [5.41, 5.74) is 6.46. The van der Waals surface area contributed by atoms with Gasteiger partial charge in [-0.2, -0.15) is 0 Å². The fraction of sp³-hybridized carbons (Fsp3) is 0.375. The molecule has 0 spiro atoms. The Hall–Kier alpha value is -0.650. The van der Waals surface area contributed by atoms with Crippen LogP contribution in [0.25, 0.3) is 0 Å². The first kappa shape index (κ1) is 8.93. The van der Waals surface area contributed by atoms with Crippen molar-refractivity contribution in [2.24, 2.45) is 0 Å². The monoisotopic (exact) mass is 244 g/mol. The third kappa shape index (κ3) is 1.82. The molecule has 1 aliphatic heterocycles. The molecular weight excluding hydrogens is 236 g/mol. The molecule has 2 rings (SSSR count). The molecule has 0 radical (unpaired) electrons. The molecule has 1 fully saturated rings. The molecule has 5 heteroatoms. The largest absolute Gasteiger partial charge is 0.383 e. The van der Waals surface area contributed by atoms with Gasteiger partial charge in [0, 0.05) is 10.7 Å². The van der Waals surface area contributed by atoms with E-state index in [0.29, 0.717) is 19.0 Å². The zero-order chi connectivity index (χ0) is 9.26. The molecule has 4 nitrogen and oxygen atoms in total. The second-order valence-electron chi connectivity index (χ2n) is 2.70. The number of nitrogens with zero attached hydrogens (tertiary/aromatic N) is 1. The highest BCUT2D eigenvalue weighted by Crippen LogP contribution is 2.28. The lowest BCUT2D eigenvalue weighted by Crippen LogP contribution is -2.04. The standard InChI is InChI=1S/C8H9BrN2O2/c9-5-3-6(7(10)11-4-5)8-12-1-2-13-8/h3-4,8H,1-2H2,(H2,10,11). The molecule has 0 bridgehead atoms. The summed E-state index contributed by atoms with van der Waals surface area (Å²) < 4.78 is 11.5. The second kappa shape index (κ2) is 3.61. The fourth-order valence-electron chi connectivity index (χ4n) is 1.19. The number of aromatic nitrogens is 1. The Morgan fingerprint density at radius 1 is 1.46 bits per heavy atom. The number of halogens is 1. The zero-order valence-corrected chi connectivity index (χ0v) is 8.45. The van der Waals surface area contributed by atoms with Gasteiger partial charge in [0.15, 0.2) is 6.29 Å². The number of hydrogen-bond donors (Lipinski definition) is 1. The van der Waals surface area contributed by atoms with E-state index < -0.39 is 0 Å². The molecule has 1 aromatic rings. The van der Waals surface area contributed by atoms with Crippen molar-refractivity contribution in [3.63, 3.8) is 0 Å². The van der Waals surface area contributed by atoms with Crippen LogP contribution in [0.2, 0.25) is 0 Å². The Morgan fingerprint density at radius 2 is 2.15 bits per heavy atom. The molecule has 13 heavy (non-hydrogen) atoms. The van der Waals surface area contributed by atoms with Crippen LogP contribution in [0.3, 0.4) is 0 Å². The van der Waals surface area contributed by atoms with Crippen molar-refractivity contribution < 1.29 is 9.47 Å². The number of nitrogens with two attached hydrogens (primary N) is 1. The molecule has 0 unspecified atom stereocenters. The van der Waals surface area contributed by atoms with E-state index in [1.54, 1.807) is 6.20 Å². The van der Waals surface area contributed by atoms with Crippen molar-refractivity contribution >= 4 is 21.7 Å². The summed E-state index contributed by atoms with van der Waals surface area (Å²) >= 11 is 3.31. The Balaban J connectivity index is 2.32. The predicted octanol–water partition coefficient (Wildman–Crippen LogP) is 1.47. The van der Waals surface area contributed by atoms with Crippen LogP contribution in [-0.2, 0) is 9.47 Å². The first-order chi connectivity index (χ1) is 6.27. The van der Waals surface area contributed by atoms with Gasteiger partial charge in [-0.25, -0.2) is 4.98 Å². The Bertz CT molecular complexity index is 313. The summed E-state index contributed by atoms with van der Waals surface area (Å²) in [6.45, 7) is 1.22. The van der Waals surface area contributed by atoms with E-state index in [0.717, 1.165) is 10.0 Å². The van der Waals surface area contributed by atoms with Crippen molar-refractivity contribution in [2.45, 2.75) is 6.29 Å². The van der Waals surface area contributed by atoms with Gasteiger partial charge in [-0.1, -0.05) is 0 Å². The smallest absolute Gasteiger partial charge is 0.187 e. The maximum absolute atomic E-state index is 5.68. The van der Waals surface area contributed by atoms with Gasteiger partial charge in [-0.05, 0) is 22.0 Å². The van der Waals surface area contributed by atoms with Crippen molar-refractivity contribution in [2.75, 3.05) is 18.9 Å². The van der Waals surface area contributed by atoms with E-state index in [9.17, 15) is 0 Å². The molecular formula is C8H9BrN2O2. The summed E-state index contributed by atoms with van der Waals surface area (Å²) in [5.74, 6) is 0.454. The van der Waals surface area contributed by atoms with Gasteiger partial charge < -0.3 is 15.2 Å². The molecule has 0 amide bonds. The lowest BCUT2D eigenvalue weighted by Gasteiger charge is -2.11. The van der Waals surface area contributed by atoms with Crippen molar-refractivity contribution in [1.29, 1.82) is 0 Å². The molecule has 1 aromatic heterocycles. The average Bonchev–Trinajstić information content (AvgIpc) is 2.61. The van der Waals surface area contributed by atoms with E-state index >= 15 is 0 Å². The summed E-state index contributed by atoms with van der Waals surface area (Å²) in [5, 5.41) is 0. The molecule has 1 saturated heterocycles. The summed E-state index contributed by atoms with van der Waals surface area (Å²) in [4.78, 5) is 3.99. The van der Waals surface area contributed by atoms with Gasteiger partial charge in [0.1, 0.15) is 5.82 Å². The minimum Gasteiger partial charge on any atom is -0.383 e. The topological polar surface area (TPSA) is 57.4 Å². The van der Waals surface area contributed by atoms with Crippen LogP contribution in [0.4, 0.5) is 5.82 Å². The highest BCUT2D eigenvalue weighted by atomic mass is 79.9.